The molecular formula is C55H98. The second-order valence-electron chi connectivity index (χ2n) is 10.1. The van der Waals surface area contributed by atoms with Crippen LogP contribution in [-0.4, -0.2) is 0 Å². The molecule has 0 saturated carbocycles. The van der Waals surface area contributed by atoms with E-state index in [-0.39, 0.29) is 0 Å². The predicted molar refractivity (Wildman–Crippen MR) is 267 cm³/mol. The molecule has 0 radical (unpaired) electrons. The van der Waals surface area contributed by atoms with Gasteiger partial charge in [0.1, 0.15) is 0 Å². The molecule has 0 aromatic heterocycles. The Morgan fingerprint density at radius 2 is 0.273 bits per heavy atom. The van der Waals surface area contributed by atoms with Gasteiger partial charge in [0.25, 0.3) is 0 Å². The summed E-state index contributed by atoms with van der Waals surface area (Å²) in [6.07, 6.45) is 5.00. The lowest BCUT2D eigenvalue weighted by Gasteiger charge is -1.82. The first-order chi connectivity index (χ1) is 26.8. The summed E-state index contributed by atoms with van der Waals surface area (Å²) >= 11 is 0. The highest BCUT2D eigenvalue weighted by Gasteiger charge is 1.73. The summed E-state index contributed by atoms with van der Waals surface area (Å²) in [5.41, 5.74) is 3.97. The molecule has 0 atom stereocenters. The molecule has 0 bridgehead atoms. The number of aryl methyl sites for hydroxylation is 3. The molecule has 0 aliphatic carbocycles. The van der Waals surface area contributed by atoms with Crippen molar-refractivity contribution in [1.82, 2.24) is 0 Å². The van der Waals surface area contributed by atoms with E-state index < -0.39 is 0 Å². The van der Waals surface area contributed by atoms with Crippen molar-refractivity contribution in [3.05, 3.63) is 180 Å². The van der Waals surface area contributed by atoms with Crippen molar-refractivity contribution in [2.75, 3.05) is 0 Å². The molecule has 0 nitrogen and oxygen atoms in total. The Bertz CT molecular complexity index is 875. The molecule has 0 unspecified atom stereocenters. The molecule has 0 N–H and O–H groups in total. The largest absolute Gasteiger partial charge is 0.0683 e. The maximum Gasteiger partial charge on any atom is -0.0398 e. The van der Waals surface area contributed by atoms with Crippen molar-refractivity contribution < 1.29 is 0 Å². The van der Waals surface area contributed by atoms with Crippen LogP contribution in [0.15, 0.2) is 164 Å². The van der Waals surface area contributed by atoms with Crippen molar-refractivity contribution >= 4 is 0 Å². The smallest absolute Gasteiger partial charge is 0.0398 e. The molecule has 55 heavy (non-hydrogen) atoms. The van der Waals surface area contributed by atoms with Crippen molar-refractivity contribution in [2.45, 2.75) is 171 Å². The molecule has 5 aromatic rings. The third kappa shape index (κ3) is 112. The van der Waals surface area contributed by atoms with Crippen LogP contribution in [0.2, 0.25) is 0 Å². The van der Waals surface area contributed by atoms with Gasteiger partial charge in [0.05, 0.1) is 0 Å². The fourth-order valence-corrected chi connectivity index (χ4v) is 2.37. The van der Waals surface area contributed by atoms with Crippen molar-refractivity contribution in [2.24, 2.45) is 0 Å². The lowest BCUT2D eigenvalue weighted by atomic mass is 10.2. The van der Waals surface area contributed by atoms with Crippen LogP contribution in [0, 0.1) is 20.8 Å². The summed E-state index contributed by atoms with van der Waals surface area (Å²) in [4.78, 5) is 0. The average Bonchev–Trinajstić information content (AvgIpc) is 3.26. The Morgan fingerprint density at radius 1 is 0.200 bits per heavy atom. The van der Waals surface area contributed by atoms with E-state index in [2.05, 4.69) is 113 Å². The summed E-state index contributed by atoms with van der Waals surface area (Å²) in [7, 11) is 0. The number of benzene rings is 5. The van der Waals surface area contributed by atoms with Crippen LogP contribution in [0.1, 0.15) is 167 Å². The van der Waals surface area contributed by atoms with E-state index in [0.717, 1.165) is 0 Å². The first kappa shape index (κ1) is 72.4. The maximum absolute atomic E-state index is 2.12. The standard InChI is InChI=1S/3C7H8.2C6H6.4C3H8.5C2H6/c3*1-7-5-3-2-4-6-7;2*1-2-4-6-5-3-1;4*1-3-2;5*1-2/h3*2-6H,1H3;2*1-6H;4*3H2,1-2H3;5*1-2H3. The van der Waals surface area contributed by atoms with Crippen LogP contribution < -0.4 is 0 Å². The van der Waals surface area contributed by atoms with Gasteiger partial charge in [0, 0.05) is 0 Å². The average molecular weight is 759 g/mol. The lowest BCUT2D eigenvalue weighted by Crippen LogP contribution is -1.62. The molecule has 0 spiro atoms. The molecule has 0 aliphatic heterocycles. The molecule has 0 fully saturated rings. The van der Waals surface area contributed by atoms with Crippen LogP contribution in [0.3, 0.4) is 0 Å². The lowest BCUT2D eigenvalue weighted by molar-refractivity contribution is 1.09. The van der Waals surface area contributed by atoms with Crippen LogP contribution in [0.4, 0.5) is 0 Å². The molecule has 5 rings (SSSR count). The molecule has 0 amide bonds. The minimum Gasteiger partial charge on any atom is -0.0683 e. The second kappa shape index (κ2) is 92.7. The summed E-state index contributed by atoms with van der Waals surface area (Å²) in [5.74, 6) is 0. The van der Waals surface area contributed by atoms with E-state index in [1.807, 2.05) is 197 Å². The van der Waals surface area contributed by atoms with Gasteiger partial charge in [-0.25, -0.2) is 0 Å². The number of hydrogen-bond acceptors (Lipinski definition) is 0. The third-order valence-corrected chi connectivity index (χ3v) is 4.15. The van der Waals surface area contributed by atoms with Gasteiger partial charge in [-0.3, -0.25) is 0 Å². The first-order valence-corrected chi connectivity index (χ1v) is 21.9. The fraction of sp³-hybridized carbons (Fsp3) is 0.455. The molecule has 0 saturated heterocycles. The SMILES string of the molecule is CC.CC.CC.CC.CC.CCC.CCC.CCC.CCC.Cc1ccccc1.Cc1ccccc1.Cc1ccccc1.c1ccccc1.c1ccccc1. The van der Waals surface area contributed by atoms with E-state index >= 15 is 0 Å². The minimum atomic E-state index is 1.25. The van der Waals surface area contributed by atoms with Crippen LogP contribution in [-0.2, 0) is 0 Å². The maximum atomic E-state index is 2.12. The van der Waals surface area contributed by atoms with Crippen molar-refractivity contribution in [1.29, 1.82) is 0 Å². The van der Waals surface area contributed by atoms with E-state index in [4.69, 9.17) is 0 Å². The van der Waals surface area contributed by atoms with Gasteiger partial charge < -0.3 is 0 Å². The molecule has 318 valence electrons. The summed E-state index contributed by atoms with van der Waals surface area (Å²) < 4.78 is 0. The van der Waals surface area contributed by atoms with Gasteiger partial charge >= 0.3 is 0 Å². The zero-order valence-electron chi connectivity index (χ0n) is 40.9. The second-order valence-corrected chi connectivity index (χ2v) is 10.1. The quantitative estimate of drug-likeness (QED) is 0.148. The van der Waals surface area contributed by atoms with Gasteiger partial charge in [-0.2, -0.15) is 0 Å². The first-order valence-electron chi connectivity index (χ1n) is 21.9. The fourth-order valence-electron chi connectivity index (χ4n) is 2.37. The van der Waals surface area contributed by atoms with Gasteiger partial charge in [0.15, 0.2) is 0 Å². The highest BCUT2D eigenvalue weighted by atomic mass is 13.8. The van der Waals surface area contributed by atoms with Gasteiger partial charge in [-0.05, 0) is 20.8 Å². The van der Waals surface area contributed by atoms with Gasteiger partial charge in [-0.15, -0.1) is 0 Å². The summed E-state index contributed by atoms with van der Waals surface area (Å²) in [6, 6.07) is 54.8. The Balaban J connectivity index is -0.0000000612. The predicted octanol–water partition coefficient (Wildman–Crippen LogP) is 20.2. The van der Waals surface area contributed by atoms with Crippen LogP contribution in [0.25, 0.3) is 0 Å². The molecule has 0 heterocycles. The van der Waals surface area contributed by atoms with E-state index in [0.29, 0.717) is 0 Å². The summed E-state index contributed by atoms with van der Waals surface area (Å²) in [6.45, 7) is 43.3. The molecule has 0 heteroatoms. The highest BCUT2D eigenvalue weighted by Crippen LogP contribution is 1.93. The van der Waals surface area contributed by atoms with E-state index in [1.165, 1.54) is 42.4 Å². The van der Waals surface area contributed by atoms with Crippen LogP contribution in [0.5, 0.6) is 0 Å². The number of hydrogen-bond donors (Lipinski definition) is 0. The minimum absolute atomic E-state index is 1.25. The molecule has 0 aliphatic rings. The topological polar surface area (TPSA) is 0 Å². The van der Waals surface area contributed by atoms with Gasteiger partial charge in [-0.1, -0.05) is 331 Å². The Kier molecular flexibility index (Phi) is 122. The zero-order valence-corrected chi connectivity index (χ0v) is 40.9. The number of rotatable bonds is 0. The summed E-state index contributed by atoms with van der Waals surface area (Å²) in [5, 5.41) is 0. The van der Waals surface area contributed by atoms with Crippen molar-refractivity contribution in [3.8, 4) is 0 Å². The van der Waals surface area contributed by atoms with E-state index in [9.17, 15) is 0 Å². The normalized spacial score (nSPS) is 6.93. The monoisotopic (exact) mass is 759 g/mol. The molecular weight excluding hydrogens is 661 g/mol. The van der Waals surface area contributed by atoms with Crippen molar-refractivity contribution in [3.63, 3.8) is 0 Å². The Labute approximate surface area is 350 Å². The van der Waals surface area contributed by atoms with Gasteiger partial charge in [0.2, 0.25) is 0 Å². The zero-order chi connectivity index (χ0) is 44.7. The highest BCUT2D eigenvalue weighted by molar-refractivity contribution is 5.13. The Morgan fingerprint density at radius 3 is 0.327 bits per heavy atom. The Hall–Kier alpha value is -3.90. The molecule has 5 aromatic carbocycles. The van der Waals surface area contributed by atoms with Crippen LogP contribution >= 0.6 is 0 Å². The third-order valence-electron chi connectivity index (χ3n) is 4.15. The van der Waals surface area contributed by atoms with E-state index in [1.54, 1.807) is 0 Å².